The van der Waals surface area contributed by atoms with Crippen LogP contribution in [0.3, 0.4) is 0 Å². The average molecular weight is 538 g/mol. The zero-order chi connectivity index (χ0) is 28.1. The van der Waals surface area contributed by atoms with E-state index < -0.39 is 0 Å². The van der Waals surface area contributed by atoms with Gasteiger partial charge in [-0.1, -0.05) is 30.7 Å². The Balaban J connectivity index is 2.30. The van der Waals surface area contributed by atoms with Gasteiger partial charge in [0.25, 0.3) is 5.91 Å². The molecule has 1 aromatic heterocycles. The maximum atomic E-state index is 13.3. The molecule has 1 aromatic carbocycles. The summed E-state index contributed by atoms with van der Waals surface area (Å²) in [4.78, 5) is 34.5. The molecule has 204 valence electrons. The van der Waals surface area contributed by atoms with Crippen LogP contribution in [0.15, 0.2) is 58.4 Å². The van der Waals surface area contributed by atoms with Crippen molar-refractivity contribution in [3.8, 4) is 11.3 Å². The molecular weight excluding hydrogens is 498 g/mol. The number of amides is 1. The van der Waals surface area contributed by atoms with Gasteiger partial charge < -0.3 is 15.1 Å². The summed E-state index contributed by atoms with van der Waals surface area (Å²) in [6.07, 6.45) is 7.85. The lowest BCUT2D eigenvalue weighted by Gasteiger charge is -2.18. The number of hydrogen-bond donors (Lipinski definition) is 1. The lowest BCUT2D eigenvalue weighted by atomic mass is 9.99. The molecule has 0 fully saturated rings. The number of aromatic nitrogens is 2. The SMILES string of the molecule is C=NC(CNCCCN(C)CC)=NC=C(C)C=C(C(=O)N(C)CC)c1ccc(-c2nccnc2C)cc1Cl. The Morgan fingerprint density at radius 1 is 1.18 bits per heavy atom. The molecular formula is C29H40ClN7O. The van der Waals surface area contributed by atoms with Crippen LogP contribution in [0.2, 0.25) is 5.02 Å². The average Bonchev–Trinajstić information content (AvgIpc) is 2.92. The van der Waals surface area contributed by atoms with Crippen molar-refractivity contribution in [1.82, 2.24) is 25.1 Å². The Hall–Kier alpha value is -3.20. The molecule has 0 aliphatic rings. The molecule has 0 atom stereocenters. The van der Waals surface area contributed by atoms with E-state index in [1.807, 2.05) is 39.0 Å². The first kappa shape index (κ1) is 31.0. The van der Waals surface area contributed by atoms with E-state index in [2.05, 4.69) is 50.9 Å². The number of nitrogens with one attached hydrogen (secondary N) is 1. The summed E-state index contributed by atoms with van der Waals surface area (Å²) in [6, 6.07) is 5.58. The second-order valence-corrected chi connectivity index (χ2v) is 9.47. The third-order valence-corrected chi connectivity index (χ3v) is 6.47. The molecule has 9 heteroatoms. The number of aliphatic imine (C=N–C) groups is 2. The van der Waals surface area contributed by atoms with Crippen LogP contribution < -0.4 is 5.32 Å². The van der Waals surface area contributed by atoms with Crippen LogP contribution >= 0.6 is 11.6 Å². The molecule has 1 N–H and O–H groups in total. The Morgan fingerprint density at radius 3 is 2.55 bits per heavy atom. The minimum atomic E-state index is -0.129. The van der Waals surface area contributed by atoms with Gasteiger partial charge in [-0.05, 0) is 78.3 Å². The molecule has 38 heavy (non-hydrogen) atoms. The topological polar surface area (TPSA) is 86.1 Å². The number of amidine groups is 1. The fourth-order valence-corrected chi connectivity index (χ4v) is 3.87. The molecule has 0 bridgehead atoms. The number of carbonyl (C=O) groups is 1. The molecule has 2 rings (SSSR count). The van der Waals surface area contributed by atoms with Crippen molar-refractivity contribution in [1.29, 1.82) is 0 Å². The highest BCUT2D eigenvalue weighted by Crippen LogP contribution is 2.31. The summed E-state index contributed by atoms with van der Waals surface area (Å²) in [5.41, 5.74) is 4.31. The van der Waals surface area contributed by atoms with Gasteiger partial charge in [-0.25, -0.2) is 9.98 Å². The standard InChI is InChI=1S/C29H40ClN7O/c1-8-36(6)16-10-13-32-20-27(31-5)35-19-21(3)17-25(29(38)37(7)9-2)24-12-11-23(18-26(24)30)28-22(4)33-14-15-34-28/h11-12,14-15,17-19,32H,5,8-10,13,16,20H2,1-4,6-7H3. The molecule has 8 nitrogen and oxygen atoms in total. The normalized spacial score (nSPS) is 12.7. The second-order valence-electron chi connectivity index (χ2n) is 9.07. The van der Waals surface area contributed by atoms with Gasteiger partial charge in [0.2, 0.25) is 0 Å². The van der Waals surface area contributed by atoms with Crippen molar-refractivity contribution in [2.45, 2.75) is 34.1 Å². The number of halogens is 1. The third-order valence-electron chi connectivity index (χ3n) is 6.15. The summed E-state index contributed by atoms with van der Waals surface area (Å²) < 4.78 is 0. The minimum absolute atomic E-state index is 0.129. The predicted octanol–water partition coefficient (Wildman–Crippen LogP) is 4.90. The molecule has 0 unspecified atom stereocenters. The molecule has 0 spiro atoms. The van der Waals surface area contributed by atoms with Crippen LogP contribution in [-0.4, -0.2) is 85.0 Å². The van der Waals surface area contributed by atoms with E-state index in [9.17, 15) is 4.79 Å². The summed E-state index contributed by atoms with van der Waals surface area (Å²) in [7, 11) is 3.87. The van der Waals surface area contributed by atoms with Crippen molar-refractivity contribution >= 4 is 35.6 Å². The Bertz CT molecular complexity index is 1190. The van der Waals surface area contributed by atoms with E-state index in [1.54, 1.807) is 36.6 Å². The largest absolute Gasteiger partial charge is 0.342 e. The van der Waals surface area contributed by atoms with Gasteiger partial charge in [-0.3, -0.25) is 14.8 Å². The van der Waals surface area contributed by atoms with E-state index in [-0.39, 0.29) is 5.91 Å². The molecule has 0 saturated carbocycles. The van der Waals surface area contributed by atoms with E-state index >= 15 is 0 Å². The highest BCUT2D eigenvalue weighted by molar-refractivity contribution is 6.35. The number of allylic oxidation sites excluding steroid dienone is 2. The van der Waals surface area contributed by atoms with Crippen molar-refractivity contribution < 1.29 is 4.79 Å². The van der Waals surface area contributed by atoms with Crippen molar-refractivity contribution in [2.24, 2.45) is 9.98 Å². The fourth-order valence-electron chi connectivity index (χ4n) is 3.59. The molecule has 2 aromatic rings. The lowest BCUT2D eigenvalue weighted by Crippen LogP contribution is -2.27. The monoisotopic (exact) mass is 537 g/mol. The van der Waals surface area contributed by atoms with Gasteiger partial charge in [0.15, 0.2) is 0 Å². The van der Waals surface area contributed by atoms with Gasteiger partial charge >= 0.3 is 0 Å². The summed E-state index contributed by atoms with van der Waals surface area (Å²) >= 11 is 6.72. The van der Waals surface area contributed by atoms with Crippen LogP contribution in [0, 0.1) is 6.92 Å². The van der Waals surface area contributed by atoms with Gasteiger partial charge in [-0.15, -0.1) is 0 Å². The first-order valence-electron chi connectivity index (χ1n) is 12.9. The van der Waals surface area contributed by atoms with Crippen molar-refractivity contribution in [3.63, 3.8) is 0 Å². The number of likely N-dealkylation sites (N-methyl/N-ethyl adjacent to an activating group) is 1. The summed E-state index contributed by atoms with van der Waals surface area (Å²) in [5, 5.41) is 3.81. The van der Waals surface area contributed by atoms with E-state index in [1.165, 1.54) is 0 Å². The number of benzene rings is 1. The molecule has 1 amide bonds. The highest BCUT2D eigenvalue weighted by Gasteiger charge is 2.19. The van der Waals surface area contributed by atoms with Gasteiger partial charge in [0, 0.05) is 53.9 Å². The Labute approximate surface area is 232 Å². The van der Waals surface area contributed by atoms with Crippen LogP contribution in [-0.2, 0) is 4.79 Å². The zero-order valence-electron chi connectivity index (χ0n) is 23.5. The van der Waals surface area contributed by atoms with Crippen molar-refractivity contribution in [2.75, 3.05) is 46.8 Å². The zero-order valence-corrected chi connectivity index (χ0v) is 24.2. The van der Waals surface area contributed by atoms with Crippen LogP contribution in [0.4, 0.5) is 0 Å². The fraction of sp³-hybridized carbons (Fsp3) is 0.414. The van der Waals surface area contributed by atoms with Crippen LogP contribution in [0.1, 0.15) is 38.4 Å². The Kier molecular flexibility index (Phi) is 13.0. The quantitative estimate of drug-likeness (QED) is 0.129. The number of hydrogen-bond acceptors (Lipinski definition) is 6. The van der Waals surface area contributed by atoms with Gasteiger partial charge in [0.05, 0.1) is 17.9 Å². The first-order valence-corrected chi connectivity index (χ1v) is 13.2. The highest BCUT2D eigenvalue weighted by atomic mass is 35.5. The van der Waals surface area contributed by atoms with E-state index in [0.717, 1.165) is 48.6 Å². The van der Waals surface area contributed by atoms with Crippen LogP contribution in [0.25, 0.3) is 16.8 Å². The Morgan fingerprint density at radius 2 is 1.92 bits per heavy atom. The minimum Gasteiger partial charge on any atom is -0.342 e. The third kappa shape index (κ3) is 9.28. The number of carbonyl (C=O) groups excluding carboxylic acids is 1. The van der Waals surface area contributed by atoms with Gasteiger partial charge in [-0.2, -0.15) is 0 Å². The maximum Gasteiger partial charge on any atom is 0.254 e. The first-order chi connectivity index (χ1) is 18.2. The summed E-state index contributed by atoms with van der Waals surface area (Å²) in [5.74, 6) is 0.456. The molecule has 0 radical (unpaired) electrons. The van der Waals surface area contributed by atoms with Crippen LogP contribution in [0.5, 0.6) is 0 Å². The molecule has 0 saturated heterocycles. The lowest BCUT2D eigenvalue weighted by molar-refractivity contribution is -0.123. The smallest absolute Gasteiger partial charge is 0.254 e. The number of aryl methyl sites for hydroxylation is 1. The molecule has 0 aliphatic heterocycles. The molecule has 0 aliphatic carbocycles. The number of rotatable bonds is 13. The van der Waals surface area contributed by atoms with E-state index in [0.29, 0.717) is 35.1 Å². The van der Waals surface area contributed by atoms with E-state index in [4.69, 9.17) is 11.6 Å². The molecule has 1 heterocycles. The number of nitrogens with zero attached hydrogens (tertiary/aromatic N) is 6. The maximum absolute atomic E-state index is 13.3. The summed E-state index contributed by atoms with van der Waals surface area (Å²) in [6.45, 7) is 15.5. The van der Waals surface area contributed by atoms with Crippen molar-refractivity contribution in [3.05, 3.63) is 64.7 Å². The van der Waals surface area contributed by atoms with Gasteiger partial charge in [0.1, 0.15) is 5.84 Å². The predicted molar refractivity (Wildman–Crippen MR) is 160 cm³/mol. The second kappa shape index (κ2) is 15.9.